The maximum Gasteiger partial charge on any atom is 0.276 e. The summed E-state index contributed by atoms with van der Waals surface area (Å²) in [6.07, 6.45) is 0.832. The molecule has 5 heteroatoms. The summed E-state index contributed by atoms with van der Waals surface area (Å²) in [6, 6.07) is 22.7. The van der Waals surface area contributed by atoms with E-state index in [4.69, 9.17) is 0 Å². The van der Waals surface area contributed by atoms with Crippen LogP contribution in [0.1, 0.15) is 39.0 Å². The molecule has 0 atom stereocenters. The minimum absolute atomic E-state index is 0.142. The first-order valence-corrected chi connectivity index (χ1v) is 9.87. The number of amides is 2. The van der Waals surface area contributed by atoms with E-state index in [-0.39, 0.29) is 17.5 Å². The Labute approximate surface area is 170 Å². The number of carbonyl (C=O) groups excluding carboxylic acids is 2. The molecule has 4 rings (SSSR count). The number of anilines is 1. The lowest BCUT2D eigenvalue weighted by molar-refractivity contribution is 0.0728. The number of pyridine rings is 1. The Hall–Kier alpha value is -3.47. The minimum atomic E-state index is -0.211. The SMILES string of the molecule is CCN(C(=O)c1cccc(C(=O)N2CCc3ccccc3C2)n1)c1ccccc1. The van der Waals surface area contributed by atoms with Crippen LogP contribution in [0.15, 0.2) is 72.8 Å². The first kappa shape index (κ1) is 18.9. The second kappa shape index (κ2) is 8.27. The summed E-state index contributed by atoms with van der Waals surface area (Å²) >= 11 is 0. The van der Waals surface area contributed by atoms with Crippen LogP contribution in [0.4, 0.5) is 5.69 Å². The van der Waals surface area contributed by atoms with Crippen LogP contribution in [0.5, 0.6) is 0 Å². The van der Waals surface area contributed by atoms with Gasteiger partial charge in [0, 0.05) is 25.3 Å². The lowest BCUT2D eigenvalue weighted by Crippen LogP contribution is -2.37. The van der Waals surface area contributed by atoms with E-state index in [9.17, 15) is 9.59 Å². The smallest absolute Gasteiger partial charge is 0.276 e. The molecule has 0 saturated carbocycles. The van der Waals surface area contributed by atoms with Gasteiger partial charge in [0.15, 0.2) is 0 Å². The topological polar surface area (TPSA) is 53.5 Å². The molecule has 5 nitrogen and oxygen atoms in total. The fourth-order valence-corrected chi connectivity index (χ4v) is 3.69. The van der Waals surface area contributed by atoms with Gasteiger partial charge in [0.1, 0.15) is 11.4 Å². The summed E-state index contributed by atoms with van der Waals surface area (Å²) in [5, 5.41) is 0. The number of fused-ring (bicyclic) bond motifs is 1. The molecule has 29 heavy (non-hydrogen) atoms. The van der Waals surface area contributed by atoms with Crippen LogP contribution in [0.2, 0.25) is 0 Å². The van der Waals surface area contributed by atoms with Gasteiger partial charge >= 0.3 is 0 Å². The maximum atomic E-state index is 13.0. The summed E-state index contributed by atoms with van der Waals surface area (Å²) in [6.45, 7) is 3.66. The number of para-hydroxylation sites is 1. The van der Waals surface area contributed by atoms with Crippen LogP contribution in [0, 0.1) is 0 Å². The zero-order valence-electron chi connectivity index (χ0n) is 16.4. The molecule has 1 aliphatic rings. The van der Waals surface area contributed by atoms with Crippen molar-refractivity contribution in [2.75, 3.05) is 18.0 Å². The van der Waals surface area contributed by atoms with Crippen molar-refractivity contribution >= 4 is 17.5 Å². The van der Waals surface area contributed by atoms with E-state index in [1.54, 1.807) is 28.0 Å². The molecule has 0 bridgehead atoms. The molecule has 2 heterocycles. The van der Waals surface area contributed by atoms with E-state index < -0.39 is 0 Å². The average molecular weight is 385 g/mol. The zero-order chi connectivity index (χ0) is 20.2. The lowest BCUT2D eigenvalue weighted by Gasteiger charge is -2.28. The first-order valence-electron chi connectivity index (χ1n) is 9.87. The van der Waals surface area contributed by atoms with Gasteiger partial charge in [0.2, 0.25) is 0 Å². The van der Waals surface area contributed by atoms with Gasteiger partial charge in [-0.15, -0.1) is 0 Å². The molecule has 3 aromatic rings. The molecule has 0 fully saturated rings. The van der Waals surface area contributed by atoms with Crippen molar-refractivity contribution in [3.63, 3.8) is 0 Å². The Morgan fingerprint density at radius 2 is 1.59 bits per heavy atom. The molecule has 2 aromatic carbocycles. The standard InChI is InChI=1S/C24H23N3O2/c1-2-27(20-11-4-3-5-12-20)24(29)22-14-8-13-21(25-22)23(28)26-16-15-18-9-6-7-10-19(18)17-26/h3-14H,2,15-17H2,1H3. The van der Waals surface area contributed by atoms with Crippen LogP contribution in [-0.4, -0.2) is 34.8 Å². The lowest BCUT2D eigenvalue weighted by atomic mass is 10.00. The third-order valence-corrected chi connectivity index (χ3v) is 5.23. The second-order valence-electron chi connectivity index (χ2n) is 7.04. The molecule has 1 aliphatic heterocycles. The Morgan fingerprint density at radius 3 is 2.34 bits per heavy atom. The van der Waals surface area contributed by atoms with Crippen molar-refractivity contribution in [1.29, 1.82) is 0 Å². The number of benzene rings is 2. The summed E-state index contributed by atoms with van der Waals surface area (Å²) in [5.74, 6) is -0.353. The predicted octanol–water partition coefficient (Wildman–Crippen LogP) is 3.95. The molecule has 0 N–H and O–H groups in total. The van der Waals surface area contributed by atoms with Gasteiger partial charge in [-0.25, -0.2) is 4.98 Å². The van der Waals surface area contributed by atoms with Gasteiger partial charge in [0.25, 0.3) is 11.8 Å². The molecule has 0 unspecified atom stereocenters. The molecule has 0 saturated heterocycles. The van der Waals surface area contributed by atoms with Gasteiger partial charge in [-0.05, 0) is 48.7 Å². The van der Waals surface area contributed by atoms with Crippen LogP contribution in [0.25, 0.3) is 0 Å². The van der Waals surface area contributed by atoms with Crippen molar-refractivity contribution < 1.29 is 9.59 Å². The number of aromatic nitrogens is 1. The third kappa shape index (κ3) is 3.90. The monoisotopic (exact) mass is 385 g/mol. The quantitative estimate of drug-likeness (QED) is 0.683. The summed E-state index contributed by atoms with van der Waals surface area (Å²) in [7, 11) is 0. The van der Waals surface area contributed by atoms with E-state index in [1.165, 1.54) is 11.1 Å². The fourth-order valence-electron chi connectivity index (χ4n) is 3.69. The number of hydrogen-bond donors (Lipinski definition) is 0. The number of nitrogens with zero attached hydrogens (tertiary/aromatic N) is 3. The number of carbonyl (C=O) groups is 2. The summed E-state index contributed by atoms with van der Waals surface area (Å²) in [5.41, 5.74) is 3.85. The van der Waals surface area contributed by atoms with E-state index in [0.29, 0.717) is 25.3 Å². The summed E-state index contributed by atoms with van der Waals surface area (Å²) < 4.78 is 0. The van der Waals surface area contributed by atoms with Crippen molar-refractivity contribution in [3.8, 4) is 0 Å². The van der Waals surface area contributed by atoms with Crippen molar-refractivity contribution in [1.82, 2.24) is 9.88 Å². The highest BCUT2D eigenvalue weighted by Crippen LogP contribution is 2.20. The highest BCUT2D eigenvalue weighted by Gasteiger charge is 2.24. The van der Waals surface area contributed by atoms with Crippen LogP contribution >= 0.6 is 0 Å². The normalized spacial score (nSPS) is 12.9. The predicted molar refractivity (Wildman–Crippen MR) is 113 cm³/mol. The van der Waals surface area contributed by atoms with Crippen LogP contribution in [-0.2, 0) is 13.0 Å². The fraction of sp³-hybridized carbons (Fsp3) is 0.208. The van der Waals surface area contributed by atoms with Crippen molar-refractivity contribution in [2.45, 2.75) is 19.9 Å². The number of rotatable bonds is 4. The van der Waals surface area contributed by atoms with Gasteiger partial charge in [-0.2, -0.15) is 0 Å². The van der Waals surface area contributed by atoms with Crippen molar-refractivity contribution in [2.24, 2.45) is 0 Å². The molecular formula is C24H23N3O2. The largest absolute Gasteiger partial charge is 0.333 e. The van der Waals surface area contributed by atoms with Gasteiger partial charge < -0.3 is 9.80 Å². The van der Waals surface area contributed by atoms with E-state index >= 15 is 0 Å². The molecule has 2 amide bonds. The molecule has 0 aliphatic carbocycles. The van der Waals surface area contributed by atoms with E-state index in [2.05, 4.69) is 17.1 Å². The summed E-state index contributed by atoms with van der Waals surface area (Å²) in [4.78, 5) is 33.9. The molecule has 146 valence electrons. The van der Waals surface area contributed by atoms with Crippen LogP contribution < -0.4 is 4.90 Å². The maximum absolute atomic E-state index is 13.0. The van der Waals surface area contributed by atoms with Gasteiger partial charge in [-0.1, -0.05) is 48.5 Å². The Morgan fingerprint density at radius 1 is 0.897 bits per heavy atom. The Kier molecular flexibility index (Phi) is 5.38. The highest BCUT2D eigenvalue weighted by atomic mass is 16.2. The van der Waals surface area contributed by atoms with Gasteiger partial charge in [-0.3, -0.25) is 9.59 Å². The first-order chi connectivity index (χ1) is 14.2. The number of hydrogen-bond acceptors (Lipinski definition) is 3. The molecule has 1 aromatic heterocycles. The van der Waals surface area contributed by atoms with Crippen LogP contribution in [0.3, 0.4) is 0 Å². The molecule has 0 radical (unpaired) electrons. The minimum Gasteiger partial charge on any atom is -0.333 e. The molecule has 0 spiro atoms. The average Bonchev–Trinajstić information content (AvgIpc) is 2.79. The van der Waals surface area contributed by atoms with Crippen molar-refractivity contribution in [3.05, 3.63) is 95.3 Å². The third-order valence-electron chi connectivity index (χ3n) is 5.23. The second-order valence-corrected chi connectivity index (χ2v) is 7.04. The molecular weight excluding hydrogens is 362 g/mol. The van der Waals surface area contributed by atoms with Gasteiger partial charge in [0.05, 0.1) is 0 Å². The zero-order valence-corrected chi connectivity index (χ0v) is 16.4. The van der Waals surface area contributed by atoms with E-state index in [1.807, 2.05) is 49.4 Å². The Balaban J connectivity index is 1.56. The van der Waals surface area contributed by atoms with E-state index in [0.717, 1.165) is 12.1 Å². The Bertz CT molecular complexity index is 1030. The highest BCUT2D eigenvalue weighted by molar-refractivity contribution is 6.05.